The Morgan fingerprint density at radius 2 is 2.27 bits per heavy atom. The lowest BCUT2D eigenvalue weighted by Crippen LogP contribution is -2.52. The van der Waals surface area contributed by atoms with Gasteiger partial charge in [-0.15, -0.1) is 0 Å². The van der Waals surface area contributed by atoms with Crippen molar-refractivity contribution in [3.05, 3.63) is 0 Å². The van der Waals surface area contributed by atoms with E-state index in [1.165, 1.54) is 6.42 Å². The van der Waals surface area contributed by atoms with Gasteiger partial charge in [0.05, 0.1) is 19.3 Å². The van der Waals surface area contributed by atoms with Crippen LogP contribution in [0.2, 0.25) is 0 Å². The van der Waals surface area contributed by atoms with Gasteiger partial charge in [-0.3, -0.25) is 0 Å². The van der Waals surface area contributed by atoms with Gasteiger partial charge in [-0.1, -0.05) is 0 Å². The number of ether oxygens (including phenoxy) is 3. The molecule has 1 N–H and O–H groups in total. The summed E-state index contributed by atoms with van der Waals surface area (Å²) in [5.41, 5.74) is 0.139. The van der Waals surface area contributed by atoms with Gasteiger partial charge in [0.15, 0.2) is 0 Å². The average molecular weight is 215 g/mol. The third-order valence-corrected chi connectivity index (χ3v) is 3.17. The standard InChI is InChI=1S/C11H21NO3/c1-11(4-2-5-13-8-11)12-7-10-3-6-14-9-15-10/h10,12H,2-9H2,1H3. The summed E-state index contributed by atoms with van der Waals surface area (Å²) in [6.07, 6.45) is 3.63. The summed E-state index contributed by atoms with van der Waals surface area (Å²) in [5, 5.41) is 3.56. The molecular weight excluding hydrogens is 194 g/mol. The second-order valence-electron chi connectivity index (χ2n) is 4.70. The second kappa shape index (κ2) is 5.25. The predicted octanol–water partition coefficient (Wildman–Crippen LogP) is 0.908. The van der Waals surface area contributed by atoms with Gasteiger partial charge in [0, 0.05) is 18.7 Å². The van der Waals surface area contributed by atoms with E-state index in [9.17, 15) is 0 Å². The van der Waals surface area contributed by atoms with Gasteiger partial charge >= 0.3 is 0 Å². The van der Waals surface area contributed by atoms with E-state index in [-0.39, 0.29) is 5.54 Å². The van der Waals surface area contributed by atoms with Gasteiger partial charge in [0.2, 0.25) is 0 Å². The quantitative estimate of drug-likeness (QED) is 0.759. The van der Waals surface area contributed by atoms with E-state index >= 15 is 0 Å². The van der Waals surface area contributed by atoms with Crippen LogP contribution in [0, 0.1) is 0 Å². The molecule has 2 aliphatic rings. The summed E-state index contributed by atoms with van der Waals surface area (Å²) in [4.78, 5) is 0. The number of rotatable bonds is 3. The van der Waals surface area contributed by atoms with Gasteiger partial charge in [-0.05, 0) is 26.2 Å². The average Bonchev–Trinajstić information content (AvgIpc) is 2.29. The molecular formula is C11H21NO3. The first kappa shape index (κ1) is 11.3. The summed E-state index contributed by atoms with van der Waals surface area (Å²) >= 11 is 0. The fourth-order valence-corrected chi connectivity index (χ4v) is 2.10. The Morgan fingerprint density at radius 1 is 1.33 bits per heavy atom. The highest BCUT2D eigenvalue weighted by molar-refractivity contribution is 4.86. The van der Waals surface area contributed by atoms with Crippen molar-refractivity contribution in [2.24, 2.45) is 0 Å². The number of hydrogen-bond donors (Lipinski definition) is 1. The molecule has 0 aliphatic carbocycles. The van der Waals surface area contributed by atoms with Crippen LogP contribution in [-0.2, 0) is 14.2 Å². The number of hydrogen-bond acceptors (Lipinski definition) is 4. The predicted molar refractivity (Wildman–Crippen MR) is 56.8 cm³/mol. The Labute approximate surface area is 91.3 Å². The molecule has 4 heteroatoms. The molecule has 0 spiro atoms. The molecule has 4 nitrogen and oxygen atoms in total. The van der Waals surface area contributed by atoms with Crippen molar-refractivity contribution in [2.75, 3.05) is 33.2 Å². The molecule has 2 saturated heterocycles. The zero-order chi connectivity index (χ0) is 10.6. The van der Waals surface area contributed by atoms with Crippen LogP contribution < -0.4 is 5.32 Å². The van der Waals surface area contributed by atoms with Crippen molar-refractivity contribution < 1.29 is 14.2 Å². The monoisotopic (exact) mass is 215 g/mol. The molecule has 2 aliphatic heterocycles. The first-order chi connectivity index (χ1) is 7.29. The Balaban J connectivity index is 1.70. The van der Waals surface area contributed by atoms with Crippen LogP contribution in [0.4, 0.5) is 0 Å². The molecule has 15 heavy (non-hydrogen) atoms. The van der Waals surface area contributed by atoms with Crippen molar-refractivity contribution in [1.82, 2.24) is 5.32 Å². The molecule has 2 rings (SSSR count). The zero-order valence-electron chi connectivity index (χ0n) is 9.46. The number of nitrogens with one attached hydrogen (secondary N) is 1. The van der Waals surface area contributed by atoms with Gasteiger partial charge in [0.1, 0.15) is 6.79 Å². The van der Waals surface area contributed by atoms with E-state index in [2.05, 4.69) is 12.2 Å². The van der Waals surface area contributed by atoms with Gasteiger partial charge < -0.3 is 19.5 Å². The molecule has 0 radical (unpaired) electrons. The van der Waals surface area contributed by atoms with Gasteiger partial charge in [-0.2, -0.15) is 0 Å². The Hall–Kier alpha value is -0.160. The van der Waals surface area contributed by atoms with E-state index in [1.807, 2.05) is 0 Å². The molecule has 0 bridgehead atoms. The lowest BCUT2D eigenvalue weighted by Gasteiger charge is -2.36. The van der Waals surface area contributed by atoms with E-state index in [4.69, 9.17) is 14.2 Å². The molecule has 0 saturated carbocycles. The van der Waals surface area contributed by atoms with Crippen molar-refractivity contribution in [1.29, 1.82) is 0 Å². The van der Waals surface area contributed by atoms with Gasteiger partial charge in [0.25, 0.3) is 0 Å². The first-order valence-corrected chi connectivity index (χ1v) is 5.81. The fraction of sp³-hybridized carbons (Fsp3) is 1.00. The summed E-state index contributed by atoms with van der Waals surface area (Å²) in [7, 11) is 0. The summed E-state index contributed by atoms with van der Waals surface area (Å²) in [6.45, 7) is 6.12. The molecule has 88 valence electrons. The molecule has 0 aromatic heterocycles. The van der Waals surface area contributed by atoms with Crippen molar-refractivity contribution in [3.63, 3.8) is 0 Å². The lowest BCUT2D eigenvalue weighted by molar-refractivity contribution is -0.139. The largest absolute Gasteiger partial charge is 0.380 e. The maximum atomic E-state index is 5.50. The van der Waals surface area contributed by atoms with Crippen molar-refractivity contribution in [3.8, 4) is 0 Å². The highest BCUT2D eigenvalue weighted by atomic mass is 16.7. The summed E-state index contributed by atoms with van der Waals surface area (Å²) in [5.74, 6) is 0. The third kappa shape index (κ3) is 3.41. The van der Waals surface area contributed by atoms with Crippen LogP contribution >= 0.6 is 0 Å². The Bertz CT molecular complexity index is 186. The molecule has 0 amide bonds. The first-order valence-electron chi connectivity index (χ1n) is 5.81. The fourth-order valence-electron chi connectivity index (χ4n) is 2.10. The van der Waals surface area contributed by atoms with Crippen LogP contribution in [0.1, 0.15) is 26.2 Å². The minimum Gasteiger partial charge on any atom is -0.380 e. The molecule has 0 aromatic rings. The maximum Gasteiger partial charge on any atom is 0.147 e. The van der Waals surface area contributed by atoms with E-state index in [1.54, 1.807) is 0 Å². The Kier molecular flexibility index (Phi) is 3.97. The normalized spacial score (nSPS) is 37.8. The van der Waals surface area contributed by atoms with Crippen LogP contribution in [0.5, 0.6) is 0 Å². The third-order valence-electron chi connectivity index (χ3n) is 3.17. The lowest BCUT2D eigenvalue weighted by atomic mass is 9.94. The minimum atomic E-state index is 0.139. The van der Waals surface area contributed by atoms with Crippen LogP contribution in [-0.4, -0.2) is 44.8 Å². The van der Waals surface area contributed by atoms with Crippen molar-refractivity contribution in [2.45, 2.75) is 37.8 Å². The highest BCUT2D eigenvalue weighted by Crippen LogP contribution is 2.18. The maximum absolute atomic E-state index is 5.50. The second-order valence-corrected chi connectivity index (χ2v) is 4.70. The summed E-state index contributed by atoms with van der Waals surface area (Å²) < 4.78 is 16.1. The smallest absolute Gasteiger partial charge is 0.147 e. The van der Waals surface area contributed by atoms with Crippen LogP contribution in [0.3, 0.4) is 0 Å². The molecule has 2 unspecified atom stereocenters. The summed E-state index contributed by atoms with van der Waals surface area (Å²) in [6, 6.07) is 0. The molecule has 0 aromatic carbocycles. The van der Waals surface area contributed by atoms with Crippen molar-refractivity contribution >= 4 is 0 Å². The van der Waals surface area contributed by atoms with Crippen LogP contribution in [0.15, 0.2) is 0 Å². The van der Waals surface area contributed by atoms with E-state index < -0.39 is 0 Å². The van der Waals surface area contributed by atoms with E-state index in [0.29, 0.717) is 12.9 Å². The SMILES string of the molecule is CC1(NCC2CCOCO2)CCCOC1. The molecule has 2 atom stereocenters. The topological polar surface area (TPSA) is 39.7 Å². The molecule has 2 heterocycles. The Morgan fingerprint density at radius 3 is 2.93 bits per heavy atom. The van der Waals surface area contributed by atoms with Gasteiger partial charge in [-0.25, -0.2) is 0 Å². The molecule has 2 fully saturated rings. The minimum absolute atomic E-state index is 0.139. The van der Waals surface area contributed by atoms with Crippen LogP contribution in [0.25, 0.3) is 0 Å². The van der Waals surface area contributed by atoms with E-state index in [0.717, 1.165) is 39.2 Å². The zero-order valence-corrected chi connectivity index (χ0v) is 9.46. The highest BCUT2D eigenvalue weighted by Gasteiger charge is 2.28.